The summed E-state index contributed by atoms with van der Waals surface area (Å²) in [6.07, 6.45) is 0. The Morgan fingerprint density at radius 1 is 1.32 bits per heavy atom. The molecule has 1 aromatic heterocycles. The Kier molecular flexibility index (Phi) is 6.15. The summed E-state index contributed by atoms with van der Waals surface area (Å²) < 4.78 is 31.8. The van der Waals surface area contributed by atoms with Crippen LogP contribution in [0.4, 0.5) is 5.82 Å². The molecular weight excluding hydrogens is 410 g/mol. The molecule has 0 aliphatic carbocycles. The van der Waals surface area contributed by atoms with Crippen LogP contribution in [0.15, 0.2) is 45.8 Å². The third-order valence-corrected chi connectivity index (χ3v) is 5.77. The maximum absolute atomic E-state index is 12.6. The number of likely N-dealkylation sites (N-methyl/N-ethyl adjacent to an activating group) is 1. The zero-order valence-electron chi connectivity index (χ0n) is 14.0. The van der Waals surface area contributed by atoms with E-state index in [0.717, 1.165) is 10.00 Å². The number of aromatic nitrogens is 1. The minimum Gasteiger partial charge on any atom is -0.496 e. The molecule has 134 valence electrons. The van der Waals surface area contributed by atoms with Gasteiger partial charge in [0.25, 0.3) is 0 Å². The van der Waals surface area contributed by atoms with Crippen LogP contribution in [-0.2, 0) is 14.8 Å². The van der Waals surface area contributed by atoms with Gasteiger partial charge in [-0.2, -0.15) is 4.31 Å². The summed E-state index contributed by atoms with van der Waals surface area (Å²) in [5, 5.41) is 2.58. The second-order valence-corrected chi connectivity index (χ2v) is 8.17. The lowest BCUT2D eigenvalue weighted by atomic mass is 10.3. The van der Waals surface area contributed by atoms with Crippen LogP contribution < -0.4 is 10.1 Å². The number of benzene rings is 1. The summed E-state index contributed by atoms with van der Waals surface area (Å²) in [6, 6.07) is 9.60. The largest absolute Gasteiger partial charge is 0.496 e. The van der Waals surface area contributed by atoms with E-state index in [0.29, 0.717) is 16.0 Å². The number of hydrogen-bond acceptors (Lipinski definition) is 5. The first-order valence-corrected chi connectivity index (χ1v) is 9.50. The maximum atomic E-state index is 12.6. The molecular formula is C16H18BrN3O4S. The number of nitrogens with one attached hydrogen (secondary N) is 1. The summed E-state index contributed by atoms with van der Waals surface area (Å²) in [4.78, 5) is 16.3. The first kappa shape index (κ1) is 19.4. The molecule has 0 bridgehead atoms. The topological polar surface area (TPSA) is 88.6 Å². The number of sulfonamides is 1. The van der Waals surface area contributed by atoms with E-state index in [1.807, 2.05) is 0 Å². The monoisotopic (exact) mass is 427 g/mol. The van der Waals surface area contributed by atoms with Gasteiger partial charge in [0.1, 0.15) is 11.6 Å². The smallest absolute Gasteiger partial charge is 0.243 e. The van der Waals surface area contributed by atoms with E-state index in [1.165, 1.54) is 26.3 Å². The Morgan fingerprint density at radius 2 is 2.04 bits per heavy atom. The summed E-state index contributed by atoms with van der Waals surface area (Å²) in [6.45, 7) is 1.47. The number of pyridine rings is 1. The van der Waals surface area contributed by atoms with Gasteiger partial charge in [-0.05, 0) is 53.2 Å². The lowest BCUT2D eigenvalue weighted by Gasteiger charge is -2.17. The molecule has 7 nitrogen and oxygen atoms in total. The lowest BCUT2D eigenvalue weighted by Crippen LogP contribution is -2.35. The van der Waals surface area contributed by atoms with Gasteiger partial charge in [-0.3, -0.25) is 4.79 Å². The van der Waals surface area contributed by atoms with Gasteiger partial charge in [-0.25, -0.2) is 13.4 Å². The van der Waals surface area contributed by atoms with Gasteiger partial charge < -0.3 is 10.1 Å². The number of carbonyl (C=O) groups excluding carboxylic acids is 1. The summed E-state index contributed by atoms with van der Waals surface area (Å²) in [7, 11) is -0.981. The summed E-state index contributed by atoms with van der Waals surface area (Å²) in [5.41, 5.74) is 0.752. The molecule has 1 N–H and O–H groups in total. The highest BCUT2D eigenvalue weighted by Crippen LogP contribution is 2.28. The van der Waals surface area contributed by atoms with Crippen molar-refractivity contribution >= 4 is 37.7 Å². The molecule has 1 heterocycles. The van der Waals surface area contributed by atoms with Gasteiger partial charge in [0.05, 0.1) is 23.0 Å². The van der Waals surface area contributed by atoms with E-state index in [1.54, 1.807) is 31.2 Å². The third-order valence-electron chi connectivity index (χ3n) is 3.35. The number of hydrogen-bond donors (Lipinski definition) is 1. The fourth-order valence-electron chi connectivity index (χ4n) is 2.07. The fourth-order valence-corrected chi connectivity index (χ4v) is 3.92. The Labute approximate surface area is 155 Å². The van der Waals surface area contributed by atoms with Crippen LogP contribution in [0.5, 0.6) is 5.75 Å². The molecule has 0 fully saturated rings. The molecule has 0 radical (unpaired) electrons. The molecule has 0 spiro atoms. The van der Waals surface area contributed by atoms with Gasteiger partial charge in [0, 0.05) is 12.7 Å². The van der Waals surface area contributed by atoms with Crippen LogP contribution >= 0.6 is 15.9 Å². The highest BCUT2D eigenvalue weighted by molar-refractivity contribution is 9.10. The number of nitrogens with zero attached hydrogens (tertiary/aromatic N) is 2. The van der Waals surface area contributed by atoms with E-state index < -0.39 is 15.9 Å². The highest BCUT2D eigenvalue weighted by Gasteiger charge is 2.24. The van der Waals surface area contributed by atoms with Crippen molar-refractivity contribution in [1.82, 2.24) is 9.29 Å². The van der Waals surface area contributed by atoms with Crippen molar-refractivity contribution < 1.29 is 17.9 Å². The highest BCUT2D eigenvalue weighted by atomic mass is 79.9. The minimum absolute atomic E-state index is 0.0594. The van der Waals surface area contributed by atoms with Gasteiger partial charge in [0.2, 0.25) is 15.9 Å². The first-order chi connectivity index (χ1) is 11.7. The molecule has 0 saturated heterocycles. The second-order valence-electron chi connectivity index (χ2n) is 5.27. The molecule has 0 saturated carbocycles. The molecule has 9 heteroatoms. The van der Waals surface area contributed by atoms with Crippen molar-refractivity contribution in [1.29, 1.82) is 0 Å². The molecule has 0 aliphatic rings. The SMILES string of the molecule is COc1ccc(S(=O)(=O)N(C)CC(=O)Nc2cccc(C)n2)cc1Br. The number of amides is 1. The van der Waals surface area contributed by atoms with E-state index in [2.05, 4.69) is 26.2 Å². The normalized spacial score (nSPS) is 11.4. The Bertz CT molecular complexity index is 887. The zero-order chi connectivity index (χ0) is 18.6. The predicted octanol–water partition coefficient (Wildman–Crippen LogP) is 2.42. The fraction of sp³-hybridized carbons (Fsp3) is 0.250. The van der Waals surface area contributed by atoms with E-state index in [9.17, 15) is 13.2 Å². The first-order valence-electron chi connectivity index (χ1n) is 7.27. The average molecular weight is 428 g/mol. The third kappa shape index (κ3) is 4.77. The number of carbonyl (C=O) groups is 1. The van der Waals surface area contributed by atoms with Crippen LogP contribution in [0, 0.1) is 6.92 Å². The molecule has 0 unspecified atom stereocenters. The number of rotatable bonds is 6. The second kappa shape index (κ2) is 7.94. The van der Waals surface area contributed by atoms with Crippen molar-refractivity contribution in [3.63, 3.8) is 0 Å². The maximum Gasteiger partial charge on any atom is 0.243 e. The Balaban J connectivity index is 2.11. The Morgan fingerprint density at radius 3 is 2.64 bits per heavy atom. The summed E-state index contributed by atoms with van der Waals surface area (Å²) >= 11 is 3.26. The predicted molar refractivity (Wildman–Crippen MR) is 98.1 cm³/mol. The molecule has 0 atom stereocenters. The van der Waals surface area contributed by atoms with Crippen molar-refractivity contribution in [3.8, 4) is 5.75 Å². The number of methoxy groups -OCH3 is 1. The number of anilines is 1. The minimum atomic E-state index is -3.82. The van der Waals surface area contributed by atoms with Crippen molar-refractivity contribution in [3.05, 3.63) is 46.6 Å². The molecule has 0 aliphatic heterocycles. The quantitative estimate of drug-likeness (QED) is 0.764. The van der Waals surface area contributed by atoms with Crippen molar-refractivity contribution in [2.24, 2.45) is 0 Å². The van der Waals surface area contributed by atoms with Crippen LogP contribution in [0.2, 0.25) is 0 Å². The van der Waals surface area contributed by atoms with Crippen LogP contribution in [0.25, 0.3) is 0 Å². The summed E-state index contributed by atoms with van der Waals surface area (Å²) in [5.74, 6) is 0.421. The van der Waals surface area contributed by atoms with Crippen LogP contribution in [0.3, 0.4) is 0 Å². The standard InChI is InChI=1S/C16H18BrN3O4S/c1-11-5-4-6-15(18-11)19-16(21)10-20(2)25(22,23)12-7-8-14(24-3)13(17)9-12/h4-9H,10H2,1-3H3,(H,18,19,21). The van der Waals surface area contributed by atoms with E-state index in [-0.39, 0.29) is 11.4 Å². The van der Waals surface area contributed by atoms with E-state index >= 15 is 0 Å². The number of aryl methyl sites for hydroxylation is 1. The van der Waals surface area contributed by atoms with Gasteiger partial charge in [0.15, 0.2) is 0 Å². The van der Waals surface area contributed by atoms with Crippen molar-refractivity contribution in [2.75, 3.05) is 26.0 Å². The van der Waals surface area contributed by atoms with Gasteiger partial charge >= 0.3 is 0 Å². The molecule has 1 amide bonds. The number of ether oxygens (including phenoxy) is 1. The molecule has 2 rings (SSSR count). The van der Waals surface area contributed by atoms with Crippen LogP contribution in [-0.4, -0.2) is 44.3 Å². The molecule has 1 aromatic carbocycles. The molecule has 25 heavy (non-hydrogen) atoms. The van der Waals surface area contributed by atoms with Crippen molar-refractivity contribution in [2.45, 2.75) is 11.8 Å². The number of halogens is 1. The van der Waals surface area contributed by atoms with Crippen LogP contribution in [0.1, 0.15) is 5.69 Å². The van der Waals surface area contributed by atoms with E-state index in [4.69, 9.17) is 4.74 Å². The average Bonchev–Trinajstić information content (AvgIpc) is 2.54. The van der Waals surface area contributed by atoms with Gasteiger partial charge in [-0.1, -0.05) is 6.07 Å². The van der Waals surface area contributed by atoms with Gasteiger partial charge in [-0.15, -0.1) is 0 Å². The lowest BCUT2D eigenvalue weighted by molar-refractivity contribution is -0.116. The molecule has 2 aromatic rings. The Hall–Kier alpha value is -1.97. The zero-order valence-corrected chi connectivity index (χ0v) is 16.4.